The van der Waals surface area contributed by atoms with Crippen LogP contribution in [0.5, 0.6) is 0 Å². The Morgan fingerprint density at radius 3 is 2.62 bits per heavy atom. The minimum absolute atomic E-state index is 0.199. The summed E-state index contributed by atoms with van der Waals surface area (Å²) >= 11 is 0. The van der Waals surface area contributed by atoms with Crippen molar-refractivity contribution in [3.63, 3.8) is 0 Å². The van der Waals surface area contributed by atoms with Crippen molar-refractivity contribution in [2.45, 2.75) is 19.5 Å². The highest BCUT2D eigenvalue weighted by Gasteiger charge is 2.35. The van der Waals surface area contributed by atoms with Gasteiger partial charge in [0.25, 0.3) is 0 Å². The Morgan fingerprint density at radius 2 is 2.00 bits per heavy atom. The number of aromatic nitrogens is 3. The monoisotopic (exact) mass is 301 g/mol. The average molecular weight is 301 g/mol. The number of fused-ring (bicyclic) bond motifs is 1. The fourth-order valence-corrected chi connectivity index (χ4v) is 2.00. The zero-order valence-corrected chi connectivity index (χ0v) is 12.2. The standard InChI is InChI=1S/C13H18F3N5/c1-8-7-9-10(17-5-4-6-21(2)3)19-12(13(14,15)16)20-11(9)18-8/h7H,4-6H2,1-3H3,(H2,17,18,19,20). The summed E-state index contributed by atoms with van der Waals surface area (Å²) < 4.78 is 38.5. The van der Waals surface area contributed by atoms with Gasteiger partial charge in [-0.1, -0.05) is 0 Å². The van der Waals surface area contributed by atoms with Crippen LogP contribution in [0.3, 0.4) is 0 Å². The van der Waals surface area contributed by atoms with E-state index in [1.54, 1.807) is 13.0 Å². The largest absolute Gasteiger partial charge is 0.451 e. The molecule has 8 heteroatoms. The third kappa shape index (κ3) is 3.84. The fraction of sp³-hybridized carbons (Fsp3) is 0.538. The zero-order valence-electron chi connectivity index (χ0n) is 12.2. The molecule has 0 spiro atoms. The predicted octanol–water partition coefficient (Wildman–Crippen LogP) is 2.65. The molecule has 0 saturated heterocycles. The lowest BCUT2D eigenvalue weighted by Crippen LogP contribution is -2.18. The topological polar surface area (TPSA) is 56.8 Å². The second-order valence-corrected chi connectivity index (χ2v) is 5.19. The van der Waals surface area contributed by atoms with Crippen molar-refractivity contribution in [3.05, 3.63) is 17.6 Å². The number of nitrogens with zero attached hydrogens (tertiary/aromatic N) is 3. The Labute approximate surface area is 120 Å². The predicted molar refractivity (Wildman–Crippen MR) is 75.3 cm³/mol. The molecule has 0 fully saturated rings. The summed E-state index contributed by atoms with van der Waals surface area (Å²) in [6.07, 6.45) is -3.75. The smallest absolute Gasteiger partial charge is 0.369 e. The molecule has 2 heterocycles. The highest BCUT2D eigenvalue weighted by atomic mass is 19.4. The molecule has 0 aliphatic rings. The van der Waals surface area contributed by atoms with E-state index < -0.39 is 12.0 Å². The van der Waals surface area contributed by atoms with Crippen LogP contribution in [0.4, 0.5) is 19.0 Å². The Morgan fingerprint density at radius 1 is 1.29 bits per heavy atom. The van der Waals surface area contributed by atoms with Crippen molar-refractivity contribution in [1.29, 1.82) is 0 Å². The van der Waals surface area contributed by atoms with Crippen molar-refractivity contribution < 1.29 is 13.2 Å². The summed E-state index contributed by atoms with van der Waals surface area (Å²) in [7, 11) is 3.89. The third-order valence-electron chi connectivity index (χ3n) is 2.95. The summed E-state index contributed by atoms with van der Waals surface area (Å²) in [5, 5.41) is 3.55. The number of nitrogens with one attached hydrogen (secondary N) is 2. The molecule has 2 rings (SSSR count). The number of hydrogen-bond acceptors (Lipinski definition) is 4. The number of anilines is 1. The maximum absolute atomic E-state index is 12.8. The molecule has 2 aromatic rings. The molecular formula is C13H18F3N5. The number of aryl methyl sites for hydroxylation is 1. The van der Waals surface area contributed by atoms with Gasteiger partial charge in [-0.25, -0.2) is 9.97 Å². The van der Waals surface area contributed by atoms with Gasteiger partial charge in [-0.3, -0.25) is 0 Å². The maximum Gasteiger partial charge on any atom is 0.451 e. The van der Waals surface area contributed by atoms with Gasteiger partial charge in [0.05, 0.1) is 5.39 Å². The molecule has 0 saturated carbocycles. The molecule has 2 aromatic heterocycles. The summed E-state index contributed by atoms with van der Waals surface area (Å²) in [5.74, 6) is -0.914. The van der Waals surface area contributed by atoms with Crippen LogP contribution < -0.4 is 5.32 Å². The van der Waals surface area contributed by atoms with Crippen LogP contribution in [0.1, 0.15) is 17.9 Å². The molecule has 0 aliphatic heterocycles. The van der Waals surface area contributed by atoms with Gasteiger partial charge in [0.2, 0.25) is 5.82 Å². The Kier molecular flexibility index (Phi) is 4.36. The lowest BCUT2D eigenvalue weighted by atomic mass is 10.3. The first-order valence-electron chi connectivity index (χ1n) is 6.60. The fourth-order valence-electron chi connectivity index (χ4n) is 2.00. The number of rotatable bonds is 5. The third-order valence-corrected chi connectivity index (χ3v) is 2.95. The summed E-state index contributed by atoms with van der Waals surface area (Å²) in [6.45, 7) is 3.16. The molecule has 21 heavy (non-hydrogen) atoms. The summed E-state index contributed by atoms with van der Waals surface area (Å²) in [4.78, 5) is 12.0. The Balaban J connectivity index is 2.27. The quantitative estimate of drug-likeness (QED) is 0.834. The van der Waals surface area contributed by atoms with Gasteiger partial charge in [-0.15, -0.1) is 0 Å². The molecule has 0 aliphatic carbocycles. The van der Waals surface area contributed by atoms with Crippen LogP contribution in [0.25, 0.3) is 11.0 Å². The highest BCUT2D eigenvalue weighted by Crippen LogP contribution is 2.30. The molecule has 2 N–H and O–H groups in total. The number of aromatic amines is 1. The van der Waals surface area contributed by atoms with E-state index >= 15 is 0 Å². The van der Waals surface area contributed by atoms with Crippen LogP contribution in [0.15, 0.2) is 6.07 Å². The summed E-state index contributed by atoms with van der Waals surface area (Å²) in [5.41, 5.74) is 0.944. The molecule has 0 aromatic carbocycles. The highest BCUT2D eigenvalue weighted by molar-refractivity contribution is 5.87. The molecule has 0 unspecified atom stereocenters. The second kappa shape index (κ2) is 5.88. The van der Waals surface area contributed by atoms with Crippen LogP contribution in [0, 0.1) is 6.92 Å². The number of H-pyrrole nitrogens is 1. The van der Waals surface area contributed by atoms with Crippen molar-refractivity contribution >= 4 is 16.9 Å². The average Bonchev–Trinajstić information content (AvgIpc) is 2.73. The van der Waals surface area contributed by atoms with E-state index in [0.717, 1.165) is 18.7 Å². The van der Waals surface area contributed by atoms with E-state index in [9.17, 15) is 13.2 Å². The van der Waals surface area contributed by atoms with Gasteiger partial charge < -0.3 is 15.2 Å². The number of alkyl halides is 3. The lowest BCUT2D eigenvalue weighted by Gasteiger charge is -2.12. The molecule has 0 amide bonds. The van der Waals surface area contributed by atoms with E-state index in [-0.39, 0.29) is 11.5 Å². The van der Waals surface area contributed by atoms with E-state index in [1.165, 1.54) is 0 Å². The molecule has 5 nitrogen and oxygen atoms in total. The van der Waals surface area contributed by atoms with Crippen LogP contribution in [-0.2, 0) is 6.18 Å². The molecule has 0 bridgehead atoms. The first-order valence-corrected chi connectivity index (χ1v) is 6.60. The lowest BCUT2D eigenvalue weighted by molar-refractivity contribution is -0.144. The van der Waals surface area contributed by atoms with Crippen molar-refractivity contribution in [2.75, 3.05) is 32.5 Å². The van der Waals surface area contributed by atoms with Crippen molar-refractivity contribution in [3.8, 4) is 0 Å². The van der Waals surface area contributed by atoms with Crippen LogP contribution in [-0.4, -0.2) is 47.0 Å². The van der Waals surface area contributed by atoms with Gasteiger partial charge in [0.15, 0.2) is 0 Å². The Hall–Kier alpha value is -1.83. The van der Waals surface area contributed by atoms with Gasteiger partial charge in [0, 0.05) is 12.2 Å². The van der Waals surface area contributed by atoms with E-state index in [0.29, 0.717) is 11.9 Å². The summed E-state index contributed by atoms with van der Waals surface area (Å²) in [6, 6.07) is 1.74. The first kappa shape index (κ1) is 15.6. The second-order valence-electron chi connectivity index (χ2n) is 5.19. The van der Waals surface area contributed by atoms with Gasteiger partial charge in [-0.05, 0) is 40.1 Å². The van der Waals surface area contributed by atoms with Gasteiger partial charge in [0.1, 0.15) is 11.5 Å². The van der Waals surface area contributed by atoms with Crippen LogP contribution >= 0.6 is 0 Å². The minimum Gasteiger partial charge on any atom is -0.369 e. The van der Waals surface area contributed by atoms with E-state index in [2.05, 4.69) is 20.3 Å². The Bertz CT molecular complexity index is 618. The minimum atomic E-state index is -4.56. The van der Waals surface area contributed by atoms with Crippen molar-refractivity contribution in [2.24, 2.45) is 0 Å². The van der Waals surface area contributed by atoms with Gasteiger partial charge in [-0.2, -0.15) is 13.2 Å². The van der Waals surface area contributed by atoms with E-state index in [4.69, 9.17) is 0 Å². The number of halogens is 3. The van der Waals surface area contributed by atoms with Crippen molar-refractivity contribution in [1.82, 2.24) is 19.9 Å². The SMILES string of the molecule is Cc1cc2c(NCCCN(C)C)nc(C(F)(F)F)nc2[nH]1. The number of hydrogen-bond donors (Lipinski definition) is 2. The maximum atomic E-state index is 12.8. The molecule has 116 valence electrons. The normalized spacial score (nSPS) is 12.3. The molecule has 0 radical (unpaired) electrons. The molecular weight excluding hydrogens is 283 g/mol. The van der Waals surface area contributed by atoms with Crippen LogP contribution in [0.2, 0.25) is 0 Å². The first-order chi connectivity index (χ1) is 9.77. The van der Waals surface area contributed by atoms with Gasteiger partial charge >= 0.3 is 6.18 Å². The van der Waals surface area contributed by atoms with E-state index in [1.807, 2.05) is 19.0 Å². The molecule has 0 atom stereocenters. The zero-order chi connectivity index (χ0) is 15.6.